The molecule has 3 aliphatic heterocycles. The van der Waals surface area contributed by atoms with E-state index in [0.717, 1.165) is 4.90 Å². The van der Waals surface area contributed by atoms with Crippen molar-refractivity contribution in [3.05, 3.63) is 18.2 Å². The molecule has 1 unspecified atom stereocenters. The molecule has 1 aromatic rings. The van der Waals surface area contributed by atoms with Crippen LogP contribution in [-0.4, -0.2) is 260 Å². The molecule has 4 heterocycles. The van der Waals surface area contributed by atoms with Gasteiger partial charge in [-0.15, -0.1) is 0 Å². The number of aromatic amines is 1. The molecule has 14 atom stereocenters. The summed E-state index contributed by atoms with van der Waals surface area (Å²) in [6.07, 6.45) is 2.74. The number of carbonyl (C=O) groups excluding carboxylic acids is 17. The Morgan fingerprint density at radius 3 is 1.53 bits per heavy atom. The van der Waals surface area contributed by atoms with Gasteiger partial charge in [-0.25, -0.2) is 4.98 Å². The lowest BCUT2D eigenvalue weighted by Gasteiger charge is -2.33. The molecule has 0 bridgehead atoms. The summed E-state index contributed by atoms with van der Waals surface area (Å²) in [5.41, 5.74) is 33.3. The van der Waals surface area contributed by atoms with E-state index in [0.29, 0.717) is 18.5 Å². The number of nitrogens with zero attached hydrogens (tertiary/aromatic N) is 4. The fraction of sp³-hybridized carbons (Fsp3) is 0.656. The van der Waals surface area contributed by atoms with Gasteiger partial charge < -0.3 is 113 Å². The number of H-pyrrole nitrogens is 1. The zero-order valence-corrected chi connectivity index (χ0v) is 61.9. The highest BCUT2D eigenvalue weighted by molar-refractivity contribution is 7.80. The third kappa shape index (κ3) is 28.0. The molecule has 3 saturated heterocycles. The number of nitrogens with one attached hydrogen (secondary N) is 13. The van der Waals surface area contributed by atoms with Crippen LogP contribution in [0.15, 0.2) is 17.5 Å². The Morgan fingerprint density at radius 2 is 1.01 bits per heavy atom. The van der Waals surface area contributed by atoms with E-state index in [1.807, 2.05) is 0 Å². The predicted octanol–water partition coefficient (Wildman–Crippen LogP) is -9.64. The van der Waals surface area contributed by atoms with Gasteiger partial charge in [0.1, 0.15) is 84.6 Å². The first-order valence-corrected chi connectivity index (χ1v) is 36.5. The number of hydrogen-bond donors (Lipinski definition) is 23. The van der Waals surface area contributed by atoms with Crippen LogP contribution in [0.1, 0.15) is 110 Å². The van der Waals surface area contributed by atoms with E-state index in [1.54, 1.807) is 0 Å². The molecule has 0 spiro atoms. The second kappa shape index (κ2) is 43.9. The van der Waals surface area contributed by atoms with Crippen LogP contribution in [0.4, 0.5) is 0 Å². The Labute approximate surface area is 626 Å². The second-order valence-electron chi connectivity index (χ2n) is 25.5. The molecule has 0 radical (unpaired) electrons. The molecule has 105 heavy (non-hydrogen) atoms. The zero-order valence-electron chi connectivity index (χ0n) is 58.4. The summed E-state index contributed by atoms with van der Waals surface area (Å²) >= 11 is 16.8. The number of thiol groups is 4. The highest BCUT2D eigenvalue weighted by atomic mass is 32.1. The first kappa shape index (κ1) is 88.2. The van der Waals surface area contributed by atoms with Gasteiger partial charge in [-0.05, 0) is 83.6 Å². The summed E-state index contributed by atoms with van der Waals surface area (Å²) in [5.74, 6) is -17.0. The summed E-state index contributed by atoms with van der Waals surface area (Å²) in [7, 11) is 0. The van der Waals surface area contributed by atoms with Crippen molar-refractivity contribution in [2.24, 2.45) is 45.3 Å². The summed E-state index contributed by atoms with van der Waals surface area (Å²) in [6, 6.07) is -19.3. The van der Waals surface area contributed by atoms with Crippen LogP contribution < -0.4 is 98.2 Å². The number of imidazole rings is 1. The van der Waals surface area contributed by atoms with E-state index < -0.39 is 198 Å². The normalized spacial score (nSPS) is 18.6. The molecule has 3 fully saturated rings. The molecule has 25 N–H and O–H groups in total. The second-order valence-corrected chi connectivity index (χ2v) is 27.0. The molecular weight excluding hydrogens is 1460 g/mol. The average molecular weight is 1550 g/mol. The van der Waals surface area contributed by atoms with E-state index >= 15 is 0 Å². The van der Waals surface area contributed by atoms with Gasteiger partial charge in [0.2, 0.25) is 100 Å². The molecule has 3 aliphatic rings. The van der Waals surface area contributed by atoms with Crippen LogP contribution in [0.5, 0.6) is 0 Å². The minimum atomic E-state index is -1.74. The number of aromatic nitrogens is 2. The van der Waals surface area contributed by atoms with Crippen LogP contribution in [0.3, 0.4) is 0 Å². The Balaban J connectivity index is 1.45. The lowest BCUT2D eigenvalue weighted by molar-refractivity contribution is -0.148. The molecular formula is C61H99N23O17S4. The monoisotopic (exact) mass is 1550 g/mol. The van der Waals surface area contributed by atoms with Crippen molar-refractivity contribution in [2.45, 2.75) is 195 Å². The molecule has 0 aliphatic carbocycles. The number of carbonyl (C=O) groups is 17. The number of aliphatic imine (C=N–C) groups is 1. The van der Waals surface area contributed by atoms with Gasteiger partial charge in [0.15, 0.2) is 5.96 Å². The molecule has 44 heteroatoms. The van der Waals surface area contributed by atoms with Gasteiger partial charge in [0.25, 0.3) is 0 Å². The number of guanidine groups is 1. The summed E-state index contributed by atoms with van der Waals surface area (Å²) in [6.45, 7) is 4.60. The molecule has 4 rings (SSSR count). The number of unbranched alkanes of at least 4 members (excludes halogenated alkanes) is 1. The summed E-state index contributed by atoms with van der Waals surface area (Å²) < 4.78 is 0. The van der Waals surface area contributed by atoms with Crippen molar-refractivity contribution in [2.75, 3.05) is 49.2 Å². The third-order valence-corrected chi connectivity index (χ3v) is 18.5. The highest BCUT2D eigenvalue weighted by Gasteiger charge is 2.45. The lowest BCUT2D eigenvalue weighted by atomic mass is 10.0. The summed E-state index contributed by atoms with van der Waals surface area (Å²) in [4.78, 5) is 242. The minimum absolute atomic E-state index is 0.00871. The van der Waals surface area contributed by atoms with Gasteiger partial charge in [-0.1, -0.05) is 13.8 Å². The SMILES string of the molecule is CC(C)[C@H](NC(=O)[C@H](Cc1cnc[nH]1)NC(=O)[C@H](CCCCN)NC(=O)[C@H](CS)NC(=O)[C@@H]1CCCN1C(=O)[C@@H]1CCCN1C(=O)[C@H](CC(N)=O)NC(=O)[C@H](C)NC(=O)[C@H](CS)NC(=O)[C@H](CS)NC(=O)C1CCC(=O)N1)C(=O)N[C@@H](CC(N)=O)C(=O)N[C@@H](CS)C(=O)N[C@@H](CCCN=C(N)N)C(N)=O. The van der Waals surface area contributed by atoms with Crippen molar-refractivity contribution in [3.8, 4) is 0 Å². The van der Waals surface area contributed by atoms with E-state index in [9.17, 15) is 81.5 Å². The fourth-order valence-corrected chi connectivity index (χ4v) is 12.4. The Hall–Kier alpha value is -9.17. The molecule has 584 valence electrons. The van der Waals surface area contributed by atoms with Crippen molar-refractivity contribution >= 4 is 157 Å². The highest BCUT2D eigenvalue weighted by Crippen LogP contribution is 2.26. The molecule has 17 amide bonds. The topological polar surface area (TPSA) is 638 Å². The smallest absolute Gasteiger partial charge is 0.246 e. The zero-order chi connectivity index (χ0) is 78.4. The quantitative estimate of drug-likeness (QED) is 0.0125. The maximum absolute atomic E-state index is 14.6. The van der Waals surface area contributed by atoms with E-state index in [1.165, 1.54) is 38.2 Å². The number of hydrogen-bond acceptors (Lipinski definition) is 24. The molecule has 0 saturated carbocycles. The van der Waals surface area contributed by atoms with E-state index in [-0.39, 0.29) is 125 Å². The number of nitrogens with two attached hydrogens (primary N) is 6. The predicted molar refractivity (Wildman–Crippen MR) is 390 cm³/mol. The lowest BCUT2D eigenvalue weighted by Crippen LogP contribution is -2.62. The van der Waals surface area contributed by atoms with Gasteiger partial charge in [0.05, 0.1) is 19.2 Å². The summed E-state index contributed by atoms with van der Waals surface area (Å²) in [5, 5.41) is 29.9. The maximum Gasteiger partial charge on any atom is 0.246 e. The van der Waals surface area contributed by atoms with Crippen molar-refractivity contribution in [3.63, 3.8) is 0 Å². The molecule has 1 aromatic heterocycles. The average Bonchev–Trinajstić information content (AvgIpc) is 1.68. The van der Waals surface area contributed by atoms with Crippen LogP contribution in [-0.2, 0) is 87.9 Å². The van der Waals surface area contributed by atoms with Gasteiger partial charge in [-0.3, -0.25) is 86.5 Å². The van der Waals surface area contributed by atoms with Gasteiger partial charge in [0, 0.05) is 67.4 Å². The number of likely N-dealkylation sites (tertiary alicyclic amines) is 2. The molecule has 0 aromatic carbocycles. The largest absolute Gasteiger partial charge is 0.370 e. The maximum atomic E-state index is 14.6. The van der Waals surface area contributed by atoms with Crippen LogP contribution >= 0.6 is 50.5 Å². The first-order valence-electron chi connectivity index (χ1n) is 34.0. The van der Waals surface area contributed by atoms with Crippen molar-refractivity contribution in [1.82, 2.24) is 83.6 Å². The van der Waals surface area contributed by atoms with Gasteiger partial charge >= 0.3 is 0 Å². The van der Waals surface area contributed by atoms with Crippen LogP contribution in [0.2, 0.25) is 0 Å². The standard InChI is InChI=1S/C61H99N23O17S4/c1-28(2)46(58(99)76-35(20-43(63)85)51(92)79-38(24-103)54(95)73-31(47(65)88)10-6-16-69-61(66)67)82-52(93)34(19-30-22-68-27-70-30)75-49(90)32(9-4-5-15-62)74-55(96)40(26-105)81-57(98)41-11-7-17-83(41)60(101)42-12-8-18-84(42)59(100)36(21-44(64)86)77-48(89)29(3)71-53(94)37(23-102)80-56(97)39(25-104)78-50(91)33-13-14-45(87)72-33/h22,27-29,31-42,46,102-105H,4-21,23-26,62H2,1-3H3,(H2,63,85)(H2,64,86)(H2,65,88)(H,68,70)(H,71,94)(H,72,87)(H,73,95)(H,74,96)(H,75,90)(H,76,99)(H,77,89)(H,78,91)(H,79,92)(H,80,97)(H,81,98)(H,82,93)(H4,66,67,69)/t29-,31-,32-,33?,34-,35-,36-,37-,38-,39-,40-,41-,42-,46-/m0/s1. The Bertz CT molecular complexity index is 3320. The van der Waals surface area contributed by atoms with E-state index in [2.05, 4.69) is 129 Å². The molecule has 40 nitrogen and oxygen atoms in total. The van der Waals surface area contributed by atoms with Gasteiger partial charge in [-0.2, -0.15) is 50.5 Å². The Morgan fingerprint density at radius 1 is 0.533 bits per heavy atom. The number of primary amides is 3. The number of rotatable bonds is 44. The van der Waals surface area contributed by atoms with Crippen LogP contribution in [0.25, 0.3) is 0 Å². The Kier molecular flexibility index (Phi) is 36.9. The van der Waals surface area contributed by atoms with Crippen LogP contribution in [0, 0.1) is 5.92 Å². The number of amides is 17. The third-order valence-electron chi connectivity index (χ3n) is 17.1. The fourth-order valence-electron chi connectivity index (χ4n) is 11.4. The first-order chi connectivity index (χ1) is 49.7. The van der Waals surface area contributed by atoms with E-state index in [4.69, 9.17) is 34.4 Å². The van der Waals surface area contributed by atoms with Crippen molar-refractivity contribution in [1.29, 1.82) is 0 Å². The minimum Gasteiger partial charge on any atom is -0.370 e. The van der Waals surface area contributed by atoms with Crippen molar-refractivity contribution < 1.29 is 81.5 Å².